The third-order valence-electron chi connectivity index (χ3n) is 8.50. The van der Waals surface area contributed by atoms with Crippen molar-refractivity contribution in [2.45, 2.75) is 20.3 Å². The van der Waals surface area contributed by atoms with Crippen molar-refractivity contribution in [1.29, 1.82) is 0 Å². The number of rotatable bonds is 8. The number of aryl methyl sites for hydroxylation is 2. The van der Waals surface area contributed by atoms with Crippen molar-refractivity contribution < 1.29 is 35.7 Å². The summed E-state index contributed by atoms with van der Waals surface area (Å²) in [5.41, 5.74) is 10.4. The molecule has 0 spiro atoms. The zero-order chi connectivity index (χ0) is 38.5. The van der Waals surface area contributed by atoms with Gasteiger partial charge in [-0.1, -0.05) is 96.6 Å². The van der Waals surface area contributed by atoms with Crippen molar-refractivity contribution in [2.75, 3.05) is 25.1 Å². The number of nitrogens with zero attached hydrogens (tertiary/aromatic N) is 1. The number of para-hydroxylation sites is 2. The number of anilines is 1. The second-order valence-corrected chi connectivity index (χ2v) is 12.9. The number of ether oxygens (including phenoxy) is 1. The standard InChI is InChI=1S/C30H31NO2.3C7H7.Hf/c1-22-17-18-29(33-20-10-19-31(3)28-16-8-7-11-23(28)2)27(21-22)26-15-9-14-25(30(26)32)24-12-5-4-6-13-24;3*1-7-5-3-2-4-6-7;/h4-9,11-18,21,32H,10,19-20H2,1-3H3;3*2-6H,1H2;/q;3*-1;+4. The zero-order valence-corrected chi connectivity index (χ0v) is 36.0. The van der Waals surface area contributed by atoms with E-state index < -0.39 is 0 Å². The third-order valence-corrected chi connectivity index (χ3v) is 8.50. The Bertz CT molecular complexity index is 2000. The first-order chi connectivity index (χ1) is 26.2. The molecule has 0 aliphatic heterocycles. The van der Waals surface area contributed by atoms with E-state index in [-0.39, 0.29) is 31.6 Å². The van der Waals surface area contributed by atoms with Crippen molar-refractivity contribution in [3.63, 3.8) is 0 Å². The van der Waals surface area contributed by atoms with Gasteiger partial charge < -0.3 is 14.7 Å². The van der Waals surface area contributed by atoms with Crippen LogP contribution >= 0.6 is 0 Å². The van der Waals surface area contributed by atoms with Crippen LogP contribution in [0, 0.1) is 34.6 Å². The molecule has 3 nitrogen and oxygen atoms in total. The third kappa shape index (κ3) is 15.0. The van der Waals surface area contributed by atoms with Gasteiger partial charge in [0.15, 0.2) is 0 Å². The Morgan fingerprint density at radius 1 is 0.527 bits per heavy atom. The van der Waals surface area contributed by atoms with Crippen LogP contribution in [0.25, 0.3) is 22.3 Å². The molecule has 7 aromatic rings. The largest absolute Gasteiger partial charge is 4.00 e. The minimum atomic E-state index is 0. The quantitative estimate of drug-likeness (QED) is 0.0937. The van der Waals surface area contributed by atoms with Gasteiger partial charge in [-0.15, -0.1) is 36.4 Å². The van der Waals surface area contributed by atoms with Gasteiger partial charge >= 0.3 is 25.8 Å². The Kier molecular flexibility index (Phi) is 19.1. The molecule has 0 heterocycles. The molecule has 55 heavy (non-hydrogen) atoms. The summed E-state index contributed by atoms with van der Waals surface area (Å²) in [5, 5.41) is 11.1. The van der Waals surface area contributed by atoms with Crippen LogP contribution in [0.4, 0.5) is 5.69 Å². The predicted octanol–water partition coefficient (Wildman–Crippen LogP) is 12.9. The first-order valence-electron chi connectivity index (χ1n) is 18.2. The molecule has 0 bridgehead atoms. The van der Waals surface area contributed by atoms with Crippen molar-refractivity contribution in [2.24, 2.45) is 0 Å². The summed E-state index contributed by atoms with van der Waals surface area (Å²) in [5.74, 6) is 1.07. The summed E-state index contributed by atoms with van der Waals surface area (Å²) in [6.07, 6.45) is 0.897. The molecule has 0 unspecified atom stereocenters. The van der Waals surface area contributed by atoms with E-state index >= 15 is 0 Å². The Labute approximate surface area is 349 Å². The van der Waals surface area contributed by atoms with E-state index in [2.05, 4.69) is 83.0 Å². The summed E-state index contributed by atoms with van der Waals surface area (Å²) in [6, 6.07) is 60.0. The summed E-state index contributed by atoms with van der Waals surface area (Å²) < 4.78 is 6.23. The first-order valence-corrected chi connectivity index (χ1v) is 18.2. The topological polar surface area (TPSA) is 32.7 Å². The molecule has 0 aliphatic rings. The van der Waals surface area contributed by atoms with E-state index in [0.29, 0.717) is 6.61 Å². The van der Waals surface area contributed by atoms with Crippen LogP contribution in [0.1, 0.15) is 34.2 Å². The van der Waals surface area contributed by atoms with Gasteiger partial charge in [-0.2, -0.15) is 73.9 Å². The minimum absolute atomic E-state index is 0. The fourth-order valence-electron chi connectivity index (χ4n) is 5.62. The Balaban J connectivity index is 0.000000296. The van der Waals surface area contributed by atoms with E-state index in [1.54, 1.807) is 0 Å². The Hall–Kier alpha value is -5.58. The first kappa shape index (κ1) is 43.8. The Morgan fingerprint density at radius 2 is 1.00 bits per heavy atom. The van der Waals surface area contributed by atoms with Gasteiger partial charge in [-0.3, -0.25) is 0 Å². The fourth-order valence-corrected chi connectivity index (χ4v) is 5.62. The summed E-state index contributed by atoms with van der Waals surface area (Å²) in [4.78, 5) is 2.27. The monoisotopic (exact) mass is 890 g/mol. The molecule has 0 saturated heterocycles. The molecule has 0 aliphatic carbocycles. The van der Waals surface area contributed by atoms with Crippen LogP contribution in [0.2, 0.25) is 0 Å². The number of phenolic OH excluding ortho intramolecular Hbond substituents is 1. The number of aromatic hydroxyl groups is 1. The van der Waals surface area contributed by atoms with Gasteiger partial charge in [-0.25, -0.2) is 0 Å². The molecule has 0 amide bonds. The average Bonchev–Trinajstić information content (AvgIpc) is 3.19. The zero-order valence-electron chi connectivity index (χ0n) is 32.4. The maximum absolute atomic E-state index is 11.1. The smallest absolute Gasteiger partial charge is 0.507 e. The van der Waals surface area contributed by atoms with Gasteiger partial charge in [0.05, 0.1) is 6.61 Å². The Morgan fingerprint density at radius 3 is 1.49 bits per heavy atom. The van der Waals surface area contributed by atoms with Gasteiger partial charge in [0.25, 0.3) is 0 Å². The molecule has 4 heteroatoms. The van der Waals surface area contributed by atoms with E-state index in [1.165, 1.54) is 11.3 Å². The van der Waals surface area contributed by atoms with Crippen molar-refractivity contribution in [3.05, 3.63) is 231 Å². The fraction of sp³-hybridized carbons (Fsp3) is 0.118. The number of hydrogen-bond acceptors (Lipinski definition) is 3. The number of hydrogen-bond donors (Lipinski definition) is 1. The average molecular weight is 889 g/mol. The van der Waals surface area contributed by atoms with Crippen LogP contribution < -0.4 is 9.64 Å². The SMILES string of the molecule is Cc1ccc(OCCCN(C)c2ccccc2C)c(-c2cccc(-c3ccccc3)c2O)c1.[CH2-]c1ccccc1.[CH2-]c1ccccc1.[CH2-]c1ccccc1.[Hf+4]. The van der Waals surface area contributed by atoms with Crippen LogP contribution in [-0.2, 0) is 25.8 Å². The molecule has 0 radical (unpaired) electrons. The maximum atomic E-state index is 11.1. The molecule has 0 saturated carbocycles. The second-order valence-electron chi connectivity index (χ2n) is 12.9. The van der Waals surface area contributed by atoms with E-state index in [0.717, 1.165) is 63.2 Å². The molecule has 0 fully saturated rings. The van der Waals surface area contributed by atoms with E-state index in [9.17, 15) is 5.11 Å². The summed E-state index contributed by atoms with van der Waals surface area (Å²) in [7, 11) is 2.12. The van der Waals surface area contributed by atoms with Crippen molar-refractivity contribution >= 4 is 5.69 Å². The summed E-state index contributed by atoms with van der Waals surface area (Å²) >= 11 is 0. The number of benzene rings is 7. The molecule has 276 valence electrons. The number of phenols is 1. The summed E-state index contributed by atoms with van der Waals surface area (Å²) in [6.45, 7) is 16.9. The van der Waals surface area contributed by atoms with Gasteiger partial charge in [-0.05, 0) is 49.6 Å². The van der Waals surface area contributed by atoms with Gasteiger partial charge in [0.2, 0.25) is 0 Å². The molecule has 0 aromatic heterocycles. The van der Waals surface area contributed by atoms with Crippen molar-refractivity contribution in [1.82, 2.24) is 0 Å². The van der Waals surface area contributed by atoms with E-state index in [1.807, 2.05) is 146 Å². The maximum Gasteiger partial charge on any atom is 4.00 e. The molecule has 1 N–H and O–H groups in total. The molecular formula is C51H52HfNO2+. The van der Waals surface area contributed by atoms with Gasteiger partial charge in [0.1, 0.15) is 11.5 Å². The predicted molar refractivity (Wildman–Crippen MR) is 231 cm³/mol. The molecule has 7 aromatic carbocycles. The van der Waals surface area contributed by atoms with Crippen LogP contribution in [0.15, 0.2) is 182 Å². The molecule has 7 rings (SSSR count). The van der Waals surface area contributed by atoms with Crippen LogP contribution in [-0.4, -0.2) is 25.3 Å². The van der Waals surface area contributed by atoms with Crippen LogP contribution in [0.5, 0.6) is 11.5 Å². The van der Waals surface area contributed by atoms with Crippen molar-refractivity contribution in [3.8, 4) is 33.8 Å². The van der Waals surface area contributed by atoms with E-state index in [4.69, 9.17) is 4.74 Å². The molecule has 0 atom stereocenters. The van der Waals surface area contributed by atoms with Gasteiger partial charge in [0, 0.05) is 36.0 Å². The second kappa shape index (κ2) is 24.0. The minimum Gasteiger partial charge on any atom is -0.507 e. The normalized spacial score (nSPS) is 9.73. The van der Waals surface area contributed by atoms with Crippen LogP contribution in [0.3, 0.4) is 0 Å². The molecular weight excluding hydrogens is 837 g/mol.